The summed E-state index contributed by atoms with van der Waals surface area (Å²) < 4.78 is 10.9. The van der Waals surface area contributed by atoms with Gasteiger partial charge in [0, 0.05) is 0 Å². The molecule has 174 valence electrons. The Labute approximate surface area is 198 Å². The third kappa shape index (κ3) is 4.24. The van der Waals surface area contributed by atoms with Crippen LogP contribution in [0.3, 0.4) is 0 Å². The molecule has 0 spiro atoms. The van der Waals surface area contributed by atoms with Crippen LogP contribution in [0.2, 0.25) is 0 Å². The molecule has 0 unspecified atom stereocenters. The van der Waals surface area contributed by atoms with Crippen LogP contribution in [-0.2, 0) is 33.0 Å². The Bertz CT molecular complexity index is 1180. The van der Waals surface area contributed by atoms with Crippen molar-refractivity contribution in [3.05, 3.63) is 107 Å². The van der Waals surface area contributed by atoms with Crippen molar-refractivity contribution >= 4 is 18.1 Å². The standard InChI is InChI=1S/C27H26N2O5/c1-3-27(23-16-10-11-20(2)17-23)24(30)28(25(31)33-18-21-12-6-4-7-13-21)29(27)26(32)34-19-22-14-8-5-9-15-22/h4-17H,3,18-19H2,1-2H3/t27-/m1/s1. The quantitative estimate of drug-likeness (QED) is 0.499. The third-order valence-electron chi connectivity index (χ3n) is 5.87. The van der Waals surface area contributed by atoms with Crippen LogP contribution < -0.4 is 0 Å². The lowest BCUT2D eigenvalue weighted by molar-refractivity contribution is -0.203. The van der Waals surface area contributed by atoms with E-state index < -0.39 is 23.6 Å². The number of nitrogens with zero attached hydrogens (tertiary/aromatic N) is 2. The molecule has 1 aliphatic heterocycles. The zero-order chi connectivity index (χ0) is 24.1. The monoisotopic (exact) mass is 458 g/mol. The second-order valence-electron chi connectivity index (χ2n) is 8.09. The van der Waals surface area contributed by atoms with E-state index in [4.69, 9.17) is 9.47 Å². The topological polar surface area (TPSA) is 76.2 Å². The first-order valence-corrected chi connectivity index (χ1v) is 11.1. The molecular weight excluding hydrogens is 432 g/mol. The molecule has 0 aromatic heterocycles. The molecule has 34 heavy (non-hydrogen) atoms. The molecule has 0 N–H and O–H groups in total. The van der Waals surface area contributed by atoms with Crippen LogP contribution in [0.5, 0.6) is 0 Å². The SMILES string of the molecule is CC[C@@]1(c2cccc(C)c2)C(=O)N(C(=O)OCc2ccccc2)N1C(=O)OCc1ccccc1. The molecule has 3 aromatic rings. The average molecular weight is 459 g/mol. The predicted octanol–water partition coefficient (Wildman–Crippen LogP) is 5.33. The van der Waals surface area contributed by atoms with Crippen molar-refractivity contribution in [2.24, 2.45) is 0 Å². The molecule has 1 saturated heterocycles. The summed E-state index contributed by atoms with van der Waals surface area (Å²) in [7, 11) is 0. The summed E-state index contributed by atoms with van der Waals surface area (Å²) in [6.45, 7) is 3.68. The summed E-state index contributed by atoms with van der Waals surface area (Å²) in [6, 6.07) is 25.6. The van der Waals surface area contributed by atoms with Gasteiger partial charge in [0.1, 0.15) is 13.2 Å². The van der Waals surface area contributed by atoms with Crippen LogP contribution in [0, 0.1) is 6.92 Å². The number of imide groups is 1. The van der Waals surface area contributed by atoms with Crippen molar-refractivity contribution in [1.29, 1.82) is 0 Å². The van der Waals surface area contributed by atoms with Crippen molar-refractivity contribution in [2.75, 3.05) is 0 Å². The fourth-order valence-electron chi connectivity index (χ4n) is 4.10. The van der Waals surface area contributed by atoms with Gasteiger partial charge >= 0.3 is 12.2 Å². The van der Waals surface area contributed by atoms with Crippen LogP contribution in [0.4, 0.5) is 9.59 Å². The van der Waals surface area contributed by atoms with Gasteiger partial charge in [0.05, 0.1) is 0 Å². The lowest BCUT2D eigenvalue weighted by atomic mass is 9.81. The molecule has 3 amide bonds. The van der Waals surface area contributed by atoms with Crippen molar-refractivity contribution in [1.82, 2.24) is 10.0 Å². The molecule has 1 heterocycles. The Balaban J connectivity index is 1.61. The summed E-state index contributed by atoms with van der Waals surface area (Å²) >= 11 is 0. The predicted molar refractivity (Wildman–Crippen MR) is 125 cm³/mol. The molecule has 7 heteroatoms. The zero-order valence-electron chi connectivity index (χ0n) is 19.1. The Morgan fingerprint density at radius 3 is 1.88 bits per heavy atom. The Kier molecular flexibility index (Phi) is 6.63. The first-order chi connectivity index (χ1) is 16.5. The molecule has 0 aliphatic carbocycles. The number of benzene rings is 3. The molecular formula is C27H26N2O5. The van der Waals surface area contributed by atoms with E-state index in [-0.39, 0.29) is 19.6 Å². The summed E-state index contributed by atoms with van der Waals surface area (Å²) in [6.07, 6.45) is -1.47. The normalized spacial score (nSPS) is 17.2. The van der Waals surface area contributed by atoms with Crippen molar-refractivity contribution in [2.45, 2.75) is 39.0 Å². The Hall–Kier alpha value is -4.13. The van der Waals surface area contributed by atoms with Crippen molar-refractivity contribution in [3.63, 3.8) is 0 Å². The van der Waals surface area contributed by atoms with Crippen LogP contribution >= 0.6 is 0 Å². The van der Waals surface area contributed by atoms with Gasteiger partial charge in [0.25, 0.3) is 5.91 Å². The van der Waals surface area contributed by atoms with Gasteiger partial charge in [-0.1, -0.05) is 97.4 Å². The van der Waals surface area contributed by atoms with Gasteiger partial charge in [0.15, 0.2) is 5.54 Å². The number of amides is 3. The molecule has 0 saturated carbocycles. The molecule has 7 nitrogen and oxygen atoms in total. The number of hydrazine groups is 1. The Morgan fingerprint density at radius 2 is 1.35 bits per heavy atom. The first-order valence-electron chi connectivity index (χ1n) is 11.1. The van der Waals surface area contributed by atoms with Gasteiger partial charge in [-0.25, -0.2) is 9.59 Å². The largest absolute Gasteiger partial charge is 0.443 e. The minimum Gasteiger partial charge on any atom is -0.443 e. The van der Waals surface area contributed by atoms with E-state index in [2.05, 4.69) is 0 Å². The lowest BCUT2D eigenvalue weighted by Gasteiger charge is -2.54. The molecule has 4 rings (SSSR count). The fraction of sp³-hybridized carbons (Fsp3) is 0.222. The third-order valence-corrected chi connectivity index (χ3v) is 5.87. The zero-order valence-corrected chi connectivity index (χ0v) is 19.1. The fourth-order valence-corrected chi connectivity index (χ4v) is 4.10. The van der Waals surface area contributed by atoms with E-state index in [9.17, 15) is 14.4 Å². The van der Waals surface area contributed by atoms with Gasteiger partial charge in [-0.05, 0) is 30.0 Å². The van der Waals surface area contributed by atoms with Crippen LogP contribution in [-0.4, -0.2) is 28.1 Å². The first kappa shape index (κ1) is 23.0. The summed E-state index contributed by atoms with van der Waals surface area (Å²) in [4.78, 5) is 39.6. The number of aryl methyl sites for hydroxylation is 1. The molecule has 1 atom stereocenters. The van der Waals surface area contributed by atoms with Gasteiger partial charge in [0.2, 0.25) is 0 Å². The van der Waals surface area contributed by atoms with Crippen LogP contribution in [0.15, 0.2) is 84.9 Å². The van der Waals surface area contributed by atoms with Gasteiger partial charge in [-0.2, -0.15) is 5.01 Å². The van der Waals surface area contributed by atoms with Crippen molar-refractivity contribution < 1.29 is 23.9 Å². The smallest absolute Gasteiger partial charge is 0.436 e. The van der Waals surface area contributed by atoms with Gasteiger partial charge in [-0.3, -0.25) is 4.79 Å². The average Bonchev–Trinajstić information content (AvgIpc) is 2.86. The lowest BCUT2D eigenvalue weighted by Crippen LogP contribution is -2.77. The maximum absolute atomic E-state index is 13.4. The minimum atomic E-state index is -1.36. The van der Waals surface area contributed by atoms with Gasteiger partial charge < -0.3 is 9.47 Å². The molecule has 1 aliphatic rings. The number of ether oxygens (including phenoxy) is 2. The van der Waals surface area contributed by atoms with Crippen molar-refractivity contribution in [3.8, 4) is 0 Å². The number of hydrogen-bond acceptors (Lipinski definition) is 5. The minimum absolute atomic E-state index is 0.00484. The van der Waals surface area contributed by atoms with E-state index in [0.29, 0.717) is 5.56 Å². The molecule has 1 fully saturated rings. The van der Waals surface area contributed by atoms with E-state index >= 15 is 0 Å². The second-order valence-corrected chi connectivity index (χ2v) is 8.09. The van der Waals surface area contributed by atoms with Crippen LogP contribution in [0.25, 0.3) is 0 Å². The van der Waals surface area contributed by atoms with Crippen LogP contribution in [0.1, 0.15) is 35.6 Å². The Morgan fingerprint density at radius 1 is 0.794 bits per heavy atom. The maximum atomic E-state index is 13.4. The summed E-state index contributed by atoms with van der Waals surface area (Å²) in [5, 5.41) is 1.82. The molecule has 0 bridgehead atoms. The number of carbonyl (C=O) groups is 3. The number of hydrogen-bond donors (Lipinski definition) is 0. The van der Waals surface area contributed by atoms with Gasteiger partial charge in [-0.15, -0.1) is 5.01 Å². The van der Waals surface area contributed by atoms with E-state index in [0.717, 1.165) is 26.7 Å². The van der Waals surface area contributed by atoms with E-state index in [1.807, 2.05) is 73.7 Å². The highest BCUT2D eigenvalue weighted by Gasteiger charge is 2.65. The molecule has 0 radical (unpaired) electrons. The second kappa shape index (κ2) is 9.79. The molecule has 3 aromatic carbocycles. The number of carbonyl (C=O) groups excluding carboxylic acids is 3. The summed E-state index contributed by atoms with van der Waals surface area (Å²) in [5.74, 6) is -0.532. The summed E-state index contributed by atoms with van der Waals surface area (Å²) in [5.41, 5.74) is 1.75. The highest BCUT2D eigenvalue weighted by molar-refractivity contribution is 6.06. The van der Waals surface area contributed by atoms with E-state index in [1.165, 1.54) is 0 Å². The maximum Gasteiger partial charge on any atom is 0.436 e. The van der Waals surface area contributed by atoms with E-state index in [1.54, 1.807) is 25.1 Å². The highest BCUT2D eigenvalue weighted by atomic mass is 16.6. The number of rotatable bonds is 6. The highest BCUT2D eigenvalue weighted by Crippen LogP contribution is 2.45.